The average Bonchev–Trinajstić information content (AvgIpc) is 2.36. The number of hydrogen-bond acceptors (Lipinski definition) is 3. The van der Waals surface area contributed by atoms with Crippen LogP contribution in [-0.2, 0) is 0 Å². The summed E-state index contributed by atoms with van der Waals surface area (Å²) in [6, 6.07) is 7.01. The van der Waals surface area contributed by atoms with Crippen LogP contribution >= 0.6 is 11.6 Å². The fourth-order valence-electron chi connectivity index (χ4n) is 1.70. The van der Waals surface area contributed by atoms with Crippen LogP contribution in [0.5, 0.6) is 11.5 Å². The minimum absolute atomic E-state index is 0.0666. The fraction of sp³-hybridized carbons (Fsp3) is 0.0714. The molecule has 4 nitrogen and oxygen atoms in total. The Hall–Kier alpha value is -2.27. The molecule has 2 aromatic carbocycles. The highest BCUT2D eigenvalue weighted by molar-refractivity contribution is 6.33. The van der Waals surface area contributed by atoms with E-state index in [4.69, 9.17) is 27.8 Å². The highest BCUT2D eigenvalue weighted by Crippen LogP contribution is 2.35. The molecule has 0 heterocycles. The van der Waals surface area contributed by atoms with Gasteiger partial charge in [-0.25, -0.2) is 4.39 Å². The standard InChI is InChI=1S/C14H12ClFN2O2/c1-7-4-9(2-3-12(7)16)20-13-10(14(18)19)5-8(17)6-11(13)15/h2-6H,17H2,1H3,(H2,18,19). The molecule has 0 spiro atoms. The van der Waals surface area contributed by atoms with E-state index in [2.05, 4.69) is 0 Å². The largest absolute Gasteiger partial charge is 0.455 e. The molecule has 0 saturated heterocycles. The van der Waals surface area contributed by atoms with Crippen molar-refractivity contribution in [1.29, 1.82) is 0 Å². The zero-order chi connectivity index (χ0) is 14.9. The first-order valence-electron chi connectivity index (χ1n) is 5.71. The zero-order valence-electron chi connectivity index (χ0n) is 10.6. The van der Waals surface area contributed by atoms with Gasteiger partial charge in [0, 0.05) is 5.69 Å². The number of ether oxygens (including phenoxy) is 1. The molecule has 0 aliphatic heterocycles. The molecular formula is C14H12ClFN2O2. The second-order valence-corrected chi connectivity index (χ2v) is 4.66. The van der Waals surface area contributed by atoms with Gasteiger partial charge in [0.15, 0.2) is 5.75 Å². The number of nitrogens with two attached hydrogens (primary N) is 2. The normalized spacial score (nSPS) is 10.3. The Labute approximate surface area is 120 Å². The first-order valence-corrected chi connectivity index (χ1v) is 6.09. The van der Waals surface area contributed by atoms with Gasteiger partial charge in [-0.2, -0.15) is 0 Å². The summed E-state index contributed by atoms with van der Waals surface area (Å²) < 4.78 is 18.7. The fourth-order valence-corrected chi connectivity index (χ4v) is 1.97. The van der Waals surface area contributed by atoms with Gasteiger partial charge >= 0.3 is 0 Å². The number of rotatable bonds is 3. The Balaban J connectivity index is 2.47. The molecule has 0 bridgehead atoms. The minimum Gasteiger partial charge on any atom is -0.455 e. The van der Waals surface area contributed by atoms with Crippen LogP contribution < -0.4 is 16.2 Å². The van der Waals surface area contributed by atoms with Gasteiger partial charge in [0.1, 0.15) is 11.6 Å². The van der Waals surface area contributed by atoms with Gasteiger partial charge in [-0.1, -0.05) is 11.6 Å². The number of carbonyl (C=O) groups is 1. The van der Waals surface area contributed by atoms with Gasteiger partial charge in [0.05, 0.1) is 10.6 Å². The lowest BCUT2D eigenvalue weighted by molar-refractivity contribution is 0.0998. The van der Waals surface area contributed by atoms with E-state index in [1.54, 1.807) is 6.92 Å². The summed E-state index contributed by atoms with van der Waals surface area (Å²) in [5, 5.41) is 0.153. The molecule has 2 rings (SSSR count). The molecule has 104 valence electrons. The van der Waals surface area contributed by atoms with Gasteiger partial charge < -0.3 is 16.2 Å². The second-order valence-electron chi connectivity index (χ2n) is 4.26. The molecule has 0 radical (unpaired) electrons. The van der Waals surface area contributed by atoms with Crippen LogP contribution in [0.1, 0.15) is 15.9 Å². The van der Waals surface area contributed by atoms with E-state index >= 15 is 0 Å². The summed E-state index contributed by atoms with van der Waals surface area (Å²) >= 11 is 6.01. The van der Waals surface area contributed by atoms with Crippen LogP contribution in [0.4, 0.5) is 10.1 Å². The van der Waals surface area contributed by atoms with Gasteiger partial charge in [0.25, 0.3) is 5.91 Å². The summed E-state index contributed by atoms with van der Waals surface area (Å²) in [5.41, 5.74) is 11.6. The predicted molar refractivity (Wildman–Crippen MR) is 75.6 cm³/mol. The third-order valence-electron chi connectivity index (χ3n) is 2.68. The third-order valence-corrected chi connectivity index (χ3v) is 2.96. The maximum atomic E-state index is 13.2. The Kier molecular flexibility index (Phi) is 3.81. The van der Waals surface area contributed by atoms with Gasteiger partial charge in [-0.3, -0.25) is 4.79 Å². The molecule has 1 amide bonds. The summed E-state index contributed by atoms with van der Waals surface area (Å²) in [6.45, 7) is 1.60. The summed E-state index contributed by atoms with van der Waals surface area (Å²) in [6.07, 6.45) is 0. The van der Waals surface area contributed by atoms with Crippen molar-refractivity contribution in [2.24, 2.45) is 5.73 Å². The van der Waals surface area contributed by atoms with Gasteiger partial charge in [-0.05, 0) is 42.8 Å². The van der Waals surface area contributed by atoms with Crippen LogP contribution in [0.2, 0.25) is 5.02 Å². The first kappa shape index (κ1) is 14.1. The van der Waals surface area contributed by atoms with E-state index in [0.717, 1.165) is 0 Å². The van der Waals surface area contributed by atoms with E-state index in [-0.39, 0.29) is 22.2 Å². The van der Waals surface area contributed by atoms with E-state index in [1.165, 1.54) is 30.3 Å². The summed E-state index contributed by atoms with van der Waals surface area (Å²) in [5.74, 6) is -0.624. The van der Waals surface area contributed by atoms with Gasteiger partial charge in [-0.15, -0.1) is 0 Å². The summed E-state index contributed by atoms with van der Waals surface area (Å²) in [7, 11) is 0. The molecule has 0 aliphatic rings. The molecule has 6 heteroatoms. The van der Waals surface area contributed by atoms with Crippen LogP contribution in [0.25, 0.3) is 0 Å². The van der Waals surface area contributed by atoms with Crippen molar-refractivity contribution in [2.75, 3.05) is 5.73 Å². The topological polar surface area (TPSA) is 78.3 Å². The van der Waals surface area contributed by atoms with Crippen molar-refractivity contribution in [3.05, 3.63) is 52.3 Å². The molecular weight excluding hydrogens is 283 g/mol. The number of nitrogen functional groups attached to an aromatic ring is 1. The van der Waals surface area contributed by atoms with Crippen molar-refractivity contribution < 1.29 is 13.9 Å². The maximum absolute atomic E-state index is 13.2. The number of primary amides is 1. The minimum atomic E-state index is -0.715. The third kappa shape index (κ3) is 2.83. The van der Waals surface area contributed by atoms with Crippen molar-refractivity contribution in [3.63, 3.8) is 0 Å². The number of aryl methyl sites for hydroxylation is 1. The average molecular weight is 295 g/mol. The predicted octanol–water partition coefficient (Wildman–Crippen LogP) is 3.26. The van der Waals surface area contributed by atoms with Crippen molar-refractivity contribution >= 4 is 23.2 Å². The Bertz CT molecular complexity index is 689. The molecule has 0 aromatic heterocycles. The quantitative estimate of drug-likeness (QED) is 0.853. The van der Waals surface area contributed by atoms with Gasteiger partial charge in [0.2, 0.25) is 0 Å². The smallest absolute Gasteiger partial charge is 0.252 e. The number of carbonyl (C=O) groups excluding carboxylic acids is 1. The Morgan fingerprint density at radius 1 is 1.30 bits per heavy atom. The molecule has 2 aromatic rings. The van der Waals surface area contributed by atoms with Crippen LogP contribution in [-0.4, -0.2) is 5.91 Å². The lowest BCUT2D eigenvalue weighted by Gasteiger charge is -2.12. The number of anilines is 1. The molecule has 20 heavy (non-hydrogen) atoms. The molecule has 0 fully saturated rings. The molecule has 0 unspecified atom stereocenters. The monoisotopic (exact) mass is 294 g/mol. The molecule has 0 atom stereocenters. The highest BCUT2D eigenvalue weighted by Gasteiger charge is 2.16. The Morgan fingerprint density at radius 2 is 2.00 bits per heavy atom. The van der Waals surface area contributed by atoms with E-state index in [9.17, 15) is 9.18 Å². The summed E-state index contributed by atoms with van der Waals surface area (Å²) in [4.78, 5) is 11.4. The maximum Gasteiger partial charge on any atom is 0.252 e. The first-order chi connectivity index (χ1) is 9.38. The molecule has 0 aliphatic carbocycles. The van der Waals surface area contributed by atoms with E-state index < -0.39 is 5.91 Å². The van der Waals surface area contributed by atoms with E-state index in [0.29, 0.717) is 17.0 Å². The second kappa shape index (κ2) is 5.38. The van der Waals surface area contributed by atoms with Crippen LogP contribution in [0.3, 0.4) is 0 Å². The lowest BCUT2D eigenvalue weighted by Crippen LogP contribution is -2.13. The number of halogens is 2. The number of amides is 1. The molecule has 0 saturated carbocycles. The zero-order valence-corrected chi connectivity index (χ0v) is 11.4. The van der Waals surface area contributed by atoms with Crippen LogP contribution in [0.15, 0.2) is 30.3 Å². The Morgan fingerprint density at radius 3 is 2.60 bits per heavy atom. The number of benzene rings is 2. The molecule has 4 N–H and O–H groups in total. The van der Waals surface area contributed by atoms with Crippen molar-refractivity contribution in [3.8, 4) is 11.5 Å². The highest BCUT2D eigenvalue weighted by atomic mass is 35.5. The van der Waals surface area contributed by atoms with E-state index in [1.807, 2.05) is 0 Å². The number of hydrogen-bond donors (Lipinski definition) is 2. The van der Waals surface area contributed by atoms with Crippen molar-refractivity contribution in [2.45, 2.75) is 6.92 Å². The van der Waals surface area contributed by atoms with Crippen molar-refractivity contribution in [1.82, 2.24) is 0 Å². The SMILES string of the molecule is Cc1cc(Oc2c(Cl)cc(N)cc2C(N)=O)ccc1F. The van der Waals surface area contributed by atoms with Crippen LogP contribution in [0, 0.1) is 12.7 Å². The lowest BCUT2D eigenvalue weighted by atomic mass is 10.1.